The van der Waals surface area contributed by atoms with Crippen molar-refractivity contribution in [3.63, 3.8) is 0 Å². The fourth-order valence-corrected chi connectivity index (χ4v) is 9.19. The largest absolute Gasteiger partial charge is 0.462 e. The maximum Gasteiger partial charge on any atom is 0.306 e. The molecular formula is C67H120O6. The van der Waals surface area contributed by atoms with Crippen LogP contribution in [0, 0.1) is 0 Å². The summed E-state index contributed by atoms with van der Waals surface area (Å²) in [6, 6.07) is 0. The Kier molecular flexibility index (Phi) is 59.2. The molecule has 0 amide bonds. The Morgan fingerprint density at radius 1 is 0.274 bits per heavy atom. The van der Waals surface area contributed by atoms with Crippen LogP contribution in [-0.4, -0.2) is 37.2 Å². The first kappa shape index (κ1) is 70.1. The molecule has 0 aromatic rings. The van der Waals surface area contributed by atoms with Crippen molar-refractivity contribution in [3.8, 4) is 0 Å². The van der Waals surface area contributed by atoms with Crippen molar-refractivity contribution >= 4 is 17.9 Å². The van der Waals surface area contributed by atoms with Gasteiger partial charge in [0.15, 0.2) is 6.10 Å². The molecule has 6 heteroatoms. The lowest BCUT2D eigenvalue weighted by molar-refractivity contribution is -0.167. The van der Waals surface area contributed by atoms with Gasteiger partial charge in [-0.1, -0.05) is 281 Å². The number of carbonyl (C=O) groups is 3. The molecule has 0 aromatic heterocycles. The Balaban J connectivity index is 4.17. The molecule has 424 valence electrons. The summed E-state index contributed by atoms with van der Waals surface area (Å²) < 4.78 is 16.9. The van der Waals surface area contributed by atoms with Crippen molar-refractivity contribution in [1.29, 1.82) is 0 Å². The van der Waals surface area contributed by atoms with E-state index in [-0.39, 0.29) is 31.1 Å². The van der Waals surface area contributed by atoms with Crippen LogP contribution in [0.15, 0.2) is 60.8 Å². The maximum absolute atomic E-state index is 12.9. The second-order valence-corrected chi connectivity index (χ2v) is 21.3. The fraction of sp³-hybridized carbons (Fsp3) is 0.806. The van der Waals surface area contributed by atoms with Crippen molar-refractivity contribution in [1.82, 2.24) is 0 Å². The molecule has 73 heavy (non-hydrogen) atoms. The van der Waals surface area contributed by atoms with E-state index in [0.29, 0.717) is 19.3 Å². The molecule has 0 aliphatic rings. The van der Waals surface area contributed by atoms with E-state index < -0.39 is 6.10 Å². The van der Waals surface area contributed by atoms with E-state index in [0.717, 1.165) is 96.3 Å². The zero-order chi connectivity index (χ0) is 52.9. The van der Waals surface area contributed by atoms with Crippen LogP contribution in [0.1, 0.15) is 329 Å². The summed E-state index contributed by atoms with van der Waals surface area (Å²) in [5.41, 5.74) is 0. The van der Waals surface area contributed by atoms with E-state index in [9.17, 15) is 14.4 Å². The molecule has 0 aliphatic heterocycles. The third-order valence-corrected chi connectivity index (χ3v) is 14.0. The first-order valence-corrected chi connectivity index (χ1v) is 31.8. The van der Waals surface area contributed by atoms with Crippen LogP contribution in [0.2, 0.25) is 0 Å². The SMILES string of the molecule is CCCCCC/C=C\C/C=C\CCCCCCCC(=O)OC(COC(=O)CCCCCCCCCCCC)COC(=O)CCCCCCCCCCCCCCCC/C=C\C/C=C\C/C=C\CCCCCCC. The fourth-order valence-electron chi connectivity index (χ4n) is 9.19. The number of unbranched alkanes of at least 4 members (excludes halogenated alkanes) is 37. The van der Waals surface area contributed by atoms with Crippen LogP contribution >= 0.6 is 0 Å². The summed E-state index contributed by atoms with van der Waals surface area (Å²) in [7, 11) is 0. The molecule has 0 spiro atoms. The van der Waals surface area contributed by atoms with Crippen LogP contribution in [-0.2, 0) is 28.6 Å². The number of hydrogen-bond donors (Lipinski definition) is 0. The van der Waals surface area contributed by atoms with E-state index >= 15 is 0 Å². The highest BCUT2D eigenvalue weighted by Gasteiger charge is 2.19. The number of rotatable bonds is 58. The quantitative estimate of drug-likeness (QED) is 0.0261. The summed E-state index contributed by atoms with van der Waals surface area (Å²) in [4.78, 5) is 38.2. The summed E-state index contributed by atoms with van der Waals surface area (Å²) in [5, 5.41) is 0. The van der Waals surface area contributed by atoms with E-state index in [4.69, 9.17) is 14.2 Å². The molecule has 0 aliphatic carbocycles. The average molecular weight is 1020 g/mol. The highest BCUT2D eigenvalue weighted by Crippen LogP contribution is 2.16. The molecule has 0 bridgehead atoms. The highest BCUT2D eigenvalue weighted by molar-refractivity contribution is 5.71. The van der Waals surface area contributed by atoms with Gasteiger partial charge in [-0.05, 0) is 89.9 Å². The Bertz CT molecular complexity index is 1310. The molecule has 0 fully saturated rings. The van der Waals surface area contributed by atoms with Crippen molar-refractivity contribution in [2.45, 2.75) is 335 Å². The minimum Gasteiger partial charge on any atom is -0.462 e. The Morgan fingerprint density at radius 2 is 0.493 bits per heavy atom. The van der Waals surface area contributed by atoms with Crippen LogP contribution < -0.4 is 0 Å². The lowest BCUT2D eigenvalue weighted by Crippen LogP contribution is -2.30. The second kappa shape index (κ2) is 61.7. The lowest BCUT2D eigenvalue weighted by Gasteiger charge is -2.18. The number of allylic oxidation sites excluding steroid dienone is 10. The van der Waals surface area contributed by atoms with Gasteiger partial charge in [0.25, 0.3) is 0 Å². The van der Waals surface area contributed by atoms with Gasteiger partial charge in [-0.25, -0.2) is 0 Å². The number of esters is 3. The van der Waals surface area contributed by atoms with Crippen LogP contribution in [0.4, 0.5) is 0 Å². The molecule has 0 aromatic carbocycles. The van der Waals surface area contributed by atoms with Crippen LogP contribution in [0.5, 0.6) is 0 Å². The molecular weight excluding hydrogens is 901 g/mol. The maximum atomic E-state index is 12.9. The van der Waals surface area contributed by atoms with Gasteiger partial charge in [0.1, 0.15) is 13.2 Å². The first-order valence-electron chi connectivity index (χ1n) is 31.8. The standard InChI is InChI=1S/C67H120O6/c1-4-7-10-13-16-19-22-24-26-28-29-30-31-32-33-34-35-36-37-38-39-40-42-43-45-48-51-54-57-60-66(69)72-63-64(62-71-65(68)59-56-53-50-47-21-18-15-12-9-6-3)73-67(70)61-58-55-52-49-46-44-41-27-25-23-20-17-14-11-8-5-2/h20,22-24,27-29,31-32,41,64H,4-19,21,25-26,30,33-40,42-63H2,1-3H3/b23-20-,24-22-,29-28-,32-31-,41-27-. The van der Waals surface area contributed by atoms with Gasteiger partial charge in [0.2, 0.25) is 0 Å². The van der Waals surface area contributed by atoms with Crippen molar-refractivity contribution in [2.75, 3.05) is 13.2 Å². The predicted molar refractivity (Wildman–Crippen MR) is 316 cm³/mol. The summed E-state index contributed by atoms with van der Waals surface area (Å²) >= 11 is 0. The zero-order valence-electron chi connectivity index (χ0n) is 48.7. The van der Waals surface area contributed by atoms with E-state index in [1.54, 1.807) is 0 Å². The van der Waals surface area contributed by atoms with E-state index in [1.807, 2.05) is 0 Å². The van der Waals surface area contributed by atoms with Crippen molar-refractivity contribution in [3.05, 3.63) is 60.8 Å². The van der Waals surface area contributed by atoms with E-state index in [1.165, 1.54) is 193 Å². The number of carbonyl (C=O) groups excluding carboxylic acids is 3. The number of hydrogen-bond acceptors (Lipinski definition) is 6. The van der Waals surface area contributed by atoms with Gasteiger partial charge in [0, 0.05) is 19.3 Å². The average Bonchev–Trinajstić information content (AvgIpc) is 3.39. The number of ether oxygens (including phenoxy) is 3. The van der Waals surface area contributed by atoms with Crippen LogP contribution in [0.3, 0.4) is 0 Å². The Labute approximate surface area is 453 Å². The molecule has 0 rings (SSSR count). The Hall–Kier alpha value is -2.89. The molecule has 0 radical (unpaired) electrons. The second-order valence-electron chi connectivity index (χ2n) is 21.3. The molecule has 0 saturated heterocycles. The van der Waals surface area contributed by atoms with Gasteiger partial charge in [-0.2, -0.15) is 0 Å². The minimum absolute atomic E-state index is 0.0767. The van der Waals surface area contributed by atoms with Gasteiger partial charge >= 0.3 is 17.9 Å². The van der Waals surface area contributed by atoms with Gasteiger partial charge < -0.3 is 14.2 Å². The molecule has 1 unspecified atom stereocenters. The predicted octanol–water partition coefficient (Wildman–Crippen LogP) is 21.6. The normalized spacial score (nSPS) is 12.4. The van der Waals surface area contributed by atoms with Crippen molar-refractivity contribution in [2.24, 2.45) is 0 Å². The first-order chi connectivity index (χ1) is 36.0. The zero-order valence-corrected chi connectivity index (χ0v) is 48.7. The monoisotopic (exact) mass is 1020 g/mol. The summed E-state index contributed by atoms with van der Waals surface area (Å²) in [6.45, 7) is 6.62. The third kappa shape index (κ3) is 59.9. The highest BCUT2D eigenvalue weighted by atomic mass is 16.6. The lowest BCUT2D eigenvalue weighted by atomic mass is 10.0. The smallest absolute Gasteiger partial charge is 0.306 e. The molecule has 0 saturated carbocycles. The van der Waals surface area contributed by atoms with Gasteiger partial charge in [-0.3, -0.25) is 14.4 Å². The van der Waals surface area contributed by atoms with Crippen molar-refractivity contribution < 1.29 is 28.6 Å². The summed E-state index contributed by atoms with van der Waals surface area (Å²) in [5.74, 6) is -0.878. The van der Waals surface area contributed by atoms with Crippen LogP contribution in [0.25, 0.3) is 0 Å². The van der Waals surface area contributed by atoms with Gasteiger partial charge in [-0.15, -0.1) is 0 Å². The summed E-state index contributed by atoms with van der Waals surface area (Å²) in [6.07, 6.45) is 78.1. The minimum atomic E-state index is -0.779. The molecule has 1 atom stereocenters. The topological polar surface area (TPSA) is 78.9 Å². The molecule has 0 N–H and O–H groups in total. The Morgan fingerprint density at radius 3 is 0.781 bits per heavy atom. The van der Waals surface area contributed by atoms with Gasteiger partial charge in [0.05, 0.1) is 0 Å². The third-order valence-electron chi connectivity index (χ3n) is 14.0. The molecule has 6 nitrogen and oxygen atoms in total. The molecule has 0 heterocycles. The van der Waals surface area contributed by atoms with E-state index in [2.05, 4.69) is 81.5 Å².